The predicted octanol–water partition coefficient (Wildman–Crippen LogP) is 4.46. The average molecular weight is 399 g/mol. The Morgan fingerprint density at radius 3 is 2.61 bits per heavy atom. The van der Waals surface area contributed by atoms with Gasteiger partial charge in [0.05, 0.1) is 23.6 Å². The number of aromatic nitrogens is 3. The molecule has 0 aliphatic heterocycles. The first kappa shape index (κ1) is 20.2. The van der Waals surface area contributed by atoms with Crippen molar-refractivity contribution >= 4 is 17.7 Å². The van der Waals surface area contributed by atoms with Crippen LogP contribution in [-0.2, 0) is 4.79 Å². The molecule has 2 heterocycles. The Kier molecular flexibility index (Phi) is 6.57. The van der Waals surface area contributed by atoms with Gasteiger partial charge in [-0.3, -0.25) is 9.36 Å². The summed E-state index contributed by atoms with van der Waals surface area (Å²) in [7, 11) is 0. The lowest BCUT2D eigenvalue weighted by Crippen LogP contribution is -2.33. The number of aryl methyl sites for hydroxylation is 1. The molecule has 0 bridgehead atoms. The van der Waals surface area contributed by atoms with Crippen molar-refractivity contribution in [1.82, 2.24) is 20.1 Å². The largest absolute Gasteiger partial charge is 0.469 e. The van der Waals surface area contributed by atoms with Crippen LogP contribution in [0.4, 0.5) is 0 Å². The standard InChI is InChI=1S/C21H26N4O2S/c1-5-14(2)22-19(26)13-28-21-24-23-20(18-11-12-27-16(18)4)25(21)15(3)17-9-7-6-8-10-17/h6-12,14-15H,5,13H2,1-4H3,(H,22,26). The Hall–Kier alpha value is -2.54. The topological polar surface area (TPSA) is 73.0 Å². The number of rotatable bonds is 8. The third-order valence-corrected chi connectivity index (χ3v) is 5.73. The van der Waals surface area contributed by atoms with Crippen molar-refractivity contribution in [3.8, 4) is 11.4 Å². The average Bonchev–Trinajstić information content (AvgIpc) is 3.31. The maximum atomic E-state index is 12.2. The van der Waals surface area contributed by atoms with E-state index in [4.69, 9.17) is 4.42 Å². The van der Waals surface area contributed by atoms with Crippen molar-refractivity contribution in [2.24, 2.45) is 0 Å². The molecule has 1 aromatic carbocycles. The van der Waals surface area contributed by atoms with Crippen LogP contribution < -0.4 is 5.32 Å². The van der Waals surface area contributed by atoms with E-state index in [1.54, 1.807) is 6.26 Å². The number of amides is 1. The molecule has 3 rings (SSSR count). The number of hydrogen-bond acceptors (Lipinski definition) is 5. The minimum absolute atomic E-state index is 0.00214. The van der Waals surface area contributed by atoms with E-state index in [2.05, 4.69) is 46.1 Å². The second-order valence-corrected chi connectivity index (χ2v) is 7.76. The summed E-state index contributed by atoms with van der Waals surface area (Å²) in [5.41, 5.74) is 2.06. The number of furan rings is 1. The van der Waals surface area contributed by atoms with E-state index in [9.17, 15) is 4.79 Å². The van der Waals surface area contributed by atoms with Gasteiger partial charge >= 0.3 is 0 Å². The highest BCUT2D eigenvalue weighted by Crippen LogP contribution is 2.32. The first-order chi connectivity index (χ1) is 13.5. The molecule has 1 N–H and O–H groups in total. The van der Waals surface area contributed by atoms with Crippen LogP contribution in [0.1, 0.15) is 44.6 Å². The third kappa shape index (κ3) is 4.47. The van der Waals surface area contributed by atoms with Crippen LogP contribution in [-0.4, -0.2) is 32.5 Å². The van der Waals surface area contributed by atoms with Gasteiger partial charge in [0.1, 0.15) is 5.76 Å². The molecule has 0 saturated carbocycles. The minimum atomic E-state index is 0.00214. The first-order valence-electron chi connectivity index (χ1n) is 9.47. The molecule has 2 unspecified atom stereocenters. The molecule has 0 saturated heterocycles. The van der Waals surface area contributed by atoms with Gasteiger partial charge in [0.15, 0.2) is 11.0 Å². The molecular formula is C21H26N4O2S. The van der Waals surface area contributed by atoms with E-state index < -0.39 is 0 Å². The van der Waals surface area contributed by atoms with Gasteiger partial charge in [0.25, 0.3) is 0 Å². The van der Waals surface area contributed by atoms with E-state index in [0.717, 1.165) is 29.1 Å². The normalized spacial score (nSPS) is 13.3. The summed E-state index contributed by atoms with van der Waals surface area (Å²) in [5.74, 6) is 1.84. The van der Waals surface area contributed by atoms with Crippen molar-refractivity contribution in [2.45, 2.75) is 51.4 Å². The highest BCUT2D eigenvalue weighted by Gasteiger charge is 2.23. The fourth-order valence-corrected chi connectivity index (χ4v) is 3.78. The summed E-state index contributed by atoms with van der Waals surface area (Å²) in [6, 6.07) is 12.3. The van der Waals surface area contributed by atoms with Gasteiger partial charge in [0, 0.05) is 6.04 Å². The third-order valence-electron chi connectivity index (χ3n) is 4.79. The Morgan fingerprint density at radius 2 is 1.96 bits per heavy atom. The van der Waals surface area contributed by atoms with Crippen molar-refractivity contribution in [3.05, 3.63) is 54.0 Å². The number of carbonyl (C=O) groups excluding carboxylic acids is 1. The predicted molar refractivity (Wildman–Crippen MR) is 111 cm³/mol. The zero-order valence-corrected chi connectivity index (χ0v) is 17.5. The zero-order chi connectivity index (χ0) is 20.1. The fraction of sp³-hybridized carbons (Fsp3) is 0.381. The molecule has 0 fully saturated rings. The van der Waals surface area contributed by atoms with Crippen LogP contribution >= 0.6 is 11.8 Å². The van der Waals surface area contributed by atoms with Gasteiger partial charge in [-0.2, -0.15) is 0 Å². The Labute approximate surface area is 169 Å². The summed E-state index contributed by atoms with van der Waals surface area (Å²) in [6.07, 6.45) is 2.56. The summed E-state index contributed by atoms with van der Waals surface area (Å²) >= 11 is 1.40. The van der Waals surface area contributed by atoms with Crippen molar-refractivity contribution < 1.29 is 9.21 Å². The van der Waals surface area contributed by atoms with Crippen LogP contribution in [0.2, 0.25) is 0 Å². The first-order valence-corrected chi connectivity index (χ1v) is 10.5. The van der Waals surface area contributed by atoms with Crippen LogP contribution in [0.3, 0.4) is 0 Å². The Bertz CT molecular complexity index is 920. The lowest BCUT2D eigenvalue weighted by molar-refractivity contribution is -0.119. The monoisotopic (exact) mass is 398 g/mol. The smallest absolute Gasteiger partial charge is 0.230 e. The molecule has 6 nitrogen and oxygen atoms in total. The number of benzene rings is 1. The van der Waals surface area contributed by atoms with Gasteiger partial charge in [0.2, 0.25) is 5.91 Å². The fourth-order valence-electron chi connectivity index (χ4n) is 2.95. The van der Waals surface area contributed by atoms with Crippen LogP contribution in [0.25, 0.3) is 11.4 Å². The molecule has 7 heteroatoms. The van der Waals surface area contributed by atoms with Gasteiger partial charge in [-0.15, -0.1) is 10.2 Å². The highest BCUT2D eigenvalue weighted by atomic mass is 32.2. The van der Waals surface area contributed by atoms with Gasteiger partial charge < -0.3 is 9.73 Å². The van der Waals surface area contributed by atoms with Crippen LogP contribution in [0, 0.1) is 6.92 Å². The van der Waals surface area contributed by atoms with E-state index in [0.29, 0.717) is 10.9 Å². The maximum absolute atomic E-state index is 12.2. The summed E-state index contributed by atoms with van der Waals surface area (Å²) in [5, 5.41) is 12.5. The van der Waals surface area contributed by atoms with Crippen molar-refractivity contribution in [3.63, 3.8) is 0 Å². The van der Waals surface area contributed by atoms with Crippen LogP contribution in [0.15, 0.2) is 52.2 Å². The van der Waals surface area contributed by atoms with E-state index in [-0.39, 0.29) is 18.0 Å². The Balaban J connectivity index is 1.91. The molecule has 1 amide bonds. The molecule has 0 spiro atoms. The molecule has 148 valence electrons. The lowest BCUT2D eigenvalue weighted by Gasteiger charge is -2.18. The van der Waals surface area contributed by atoms with E-state index >= 15 is 0 Å². The zero-order valence-electron chi connectivity index (χ0n) is 16.7. The quantitative estimate of drug-likeness (QED) is 0.567. The van der Waals surface area contributed by atoms with Crippen LogP contribution in [0.5, 0.6) is 0 Å². The van der Waals surface area contributed by atoms with Crippen molar-refractivity contribution in [2.75, 3.05) is 5.75 Å². The molecule has 0 aliphatic rings. The molecule has 0 radical (unpaired) electrons. The van der Waals surface area contributed by atoms with Crippen molar-refractivity contribution in [1.29, 1.82) is 0 Å². The van der Waals surface area contributed by atoms with Gasteiger partial charge in [-0.25, -0.2) is 0 Å². The summed E-state index contributed by atoms with van der Waals surface area (Å²) in [6.45, 7) is 8.08. The molecular weight excluding hydrogens is 372 g/mol. The van der Waals surface area contributed by atoms with E-state index in [1.165, 1.54) is 11.8 Å². The number of nitrogens with one attached hydrogen (secondary N) is 1. The van der Waals surface area contributed by atoms with Gasteiger partial charge in [-0.1, -0.05) is 49.0 Å². The number of thioether (sulfide) groups is 1. The number of nitrogens with zero attached hydrogens (tertiary/aromatic N) is 3. The molecule has 2 aromatic heterocycles. The molecule has 28 heavy (non-hydrogen) atoms. The SMILES string of the molecule is CCC(C)NC(=O)CSc1nnc(-c2ccoc2C)n1C(C)c1ccccc1. The van der Waals surface area contributed by atoms with Gasteiger partial charge in [-0.05, 0) is 38.8 Å². The lowest BCUT2D eigenvalue weighted by atomic mass is 10.1. The number of carbonyl (C=O) groups is 1. The second-order valence-electron chi connectivity index (χ2n) is 6.82. The number of hydrogen-bond donors (Lipinski definition) is 1. The Morgan fingerprint density at radius 1 is 1.21 bits per heavy atom. The minimum Gasteiger partial charge on any atom is -0.469 e. The summed E-state index contributed by atoms with van der Waals surface area (Å²) in [4.78, 5) is 12.2. The van der Waals surface area contributed by atoms with E-state index in [1.807, 2.05) is 38.1 Å². The second kappa shape index (κ2) is 9.10. The molecule has 0 aliphatic carbocycles. The molecule has 3 aromatic rings. The highest BCUT2D eigenvalue weighted by molar-refractivity contribution is 7.99. The maximum Gasteiger partial charge on any atom is 0.230 e. The summed E-state index contributed by atoms with van der Waals surface area (Å²) < 4.78 is 7.55. The molecule has 2 atom stereocenters.